The molecule has 1 nitrogen and oxygen atoms in total. The van der Waals surface area contributed by atoms with Gasteiger partial charge in [0.05, 0.1) is 0 Å². The van der Waals surface area contributed by atoms with Crippen molar-refractivity contribution in [2.75, 3.05) is 7.05 Å². The Morgan fingerprint density at radius 2 is 1.76 bits per heavy atom. The molecule has 2 atom stereocenters. The highest BCUT2D eigenvalue weighted by atomic mass is 14.9. The van der Waals surface area contributed by atoms with Gasteiger partial charge in [-0.05, 0) is 35.7 Å². The summed E-state index contributed by atoms with van der Waals surface area (Å²) in [7, 11) is 2.05. The van der Waals surface area contributed by atoms with E-state index < -0.39 is 0 Å². The third-order valence-corrected chi connectivity index (χ3v) is 3.73. The van der Waals surface area contributed by atoms with E-state index >= 15 is 0 Å². The second kappa shape index (κ2) is 5.33. The van der Waals surface area contributed by atoms with Gasteiger partial charge in [0.25, 0.3) is 0 Å². The van der Waals surface area contributed by atoms with Crippen LogP contribution in [-0.4, -0.2) is 13.1 Å². The molecule has 0 saturated carbocycles. The number of fused-ring (bicyclic) bond motifs is 1. The van der Waals surface area contributed by atoms with Gasteiger partial charge in [-0.3, -0.25) is 0 Å². The third kappa shape index (κ3) is 2.34. The summed E-state index contributed by atoms with van der Waals surface area (Å²) in [5, 5.41) is 6.14. The molecule has 0 bridgehead atoms. The van der Waals surface area contributed by atoms with Gasteiger partial charge >= 0.3 is 0 Å². The number of nitrogens with one attached hydrogen (secondary N) is 1. The molecular formula is C16H21N. The zero-order valence-electron chi connectivity index (χ0n) is 10.9. The molecule has 0 fully saturated rings. The Bertz CT molecular complexity index is 480. The molecule has 0 aliphatic heterocycles. The maximum absolute atomic E-state index is 3.41. The number of hydrogen-bond acceptors (Lipinski definition) is 1. The Morgan fingerprint density at radius 3 is 2.47 bits per heavy atom. The van der Waals surface area contributed by atoms with Crippen molar-refractivity contribution in [1.29, 1.82) is 0 Å². The van der Waals surface area contributed by atoms with Gasteiger partial charge in [0.2, 0.25) is 0 Å². The second-order valence-corrected chi connectivity index (χ2v) is 4.66. The van der Waals surface area contributed by atoms with E-state index in [4.69, 9.17) is 0 Å². The van der Waals surface area contributed by atoms with Crippen LogP contribution in [0.25, 0.3) is 10.8 Å². The molecule has 2 aromatic rings. The minimum atomic E-state index is 0.538. The summed E-state index contributed by atoms with van der Waals surface area (Å²) in [4.78, 5) is 0. The summed E-state index contributed by atoms with van der Waals surface area (Å²) < 4.78 is 0. The number of benzene rings is 2. The van der Waals surface area contributed by atoms with Crippen molar-refractivity contribution in [3.63, 3.8) is 0 Å². The van der Waals surface area contributed by atoms with Crippen molar-refractivity contribution in [2.45, 2.75) is 32.2 Å². The van der Waals surface area contributed by atoms with Crippen LogP contribution in [0.1, 0.15) is 31.7 Å². The van der Waals surface area contributed by atoms with E-state index in [9.17, 15) is 0 Å². The van der Waals surface area contributed by atoms with Crippen molar-refractivity contribution in [3.8, 4) is 0 Å². The Hall–Kier alpha value is -1.34. The van der Waals surface area contributed by atoms with Crippen molar-refractivity contribution in [1.82, 2.24) is 5.32 Å². The molecule has 0 aliphatic rings. The molecule has 0 aromatic heterocycles. The smallest absolute Gasteiger partial charge is 0.0128 e. The highest BCUT2D eigenvalue weighted by Crippen LogP contribution is 2.28. The molecular weight excluding hydrogens is 206 g/mol. The molecule has 0 heterocycles. The molecule has 90 valence electrons. The maximum Gasteiger partial charge on any atom is 0.0128 e. The Morgan fingerprint density at radius 1 is 1.06 bits per heavy atom. The quantitative estimate of drug-likeness (QED) is 0.834. The Labute approximate surface area is 104 Å². The molecule has 17 heavy (non-hydrogen) atoms. The van der Waals surface area contributed by atoms with Gasteiger partial charge in [-0.1, -0.05) is 56.3 Å². The van der Waals surface area contributed by atoms with Crippen molar-refractivity contribution < 1.29 is 0 Å². The lowest BCUT2D eigenvalue weighted by atomic mass is 9.88. The first kappa shape index (κ1) is 12.1. The van der Waals surface area contributed by atoms with E-state index in [2.05, 4.69) is 68.7 Å². The third-order valence-electron chi connectivity index (χ3n) is 3.73. The van der Waals surface area contributed by atoms with Crippen LogP contribution in [0.15, 0.2) is 42.5 Å². The van der Waals surface area contributed by atoms with Crippen molar-refractivity contribution >= 4 is 10.8 Å². The fourth-order valence-corrected chi connectivity index (χ4v) is 2.67. The minimum Gasteiger partial charge on any atom is -0.316 e. The fraction of sp³-hybridized carbons (Fsp3) is 0.375. The van der Waals surface area contributed by atoms with E-state index in [1.165, 1.54) is 16.3 Å². The number of rotatable bonds is 4. The molecule has 2 unspecified atom stereocenters. The molecule has 2 rings (SSSR count). The molecule has 1 heteroatoms. The number of hydrogen-bond donors (Lipinski definition) is 1. The summed E-state index contributed by atoms with van der Waals surface area (Å²) in [6.45, 7) is 4.55. The highest BCUT2D eigenvalue weighted by molar-refractivity contribution is 5.86. The predicted molar refractivity (Wildman–Crippen MR) is 75.5 cm³/mol. The van der Waals surface area contributed by atoms with E-state index in [1.54, 1.807) is 0 Å². The summed E-state index contributed by atoms with van der Waals surface area (Å²) in [6, 6.07) is 15.8. The van der Waals surface area contributed by atoms with Crippen LogP contribution in [0.4, 0.5) is 0 Å². The zero-order chi connectivity index (χ0) is 12.3. The molecule has 0 spiro atoms. The first-order valence-corrected chi connectivity index (χ1v) is 6.42. The van der Waals surface area contributed by atoms with Crippen LogP contribution >= 0.6 is 0 Å². The summed E-state index contributed by atoms with van der Waals surface area (Å²) in [5.41, 5.74) is 1.45. The van der Waals surface area contributed by atoms with Crippen LogP contribution in [0.3, 0.4) is 0 Å². The highest BCUT2D eigenvalue weighted by Gasteiger charge is 2.16. The zero-order valence-corrected chi connectivity index (χ0v) is 10.9. The van der Waals surface area contributed by atoms with E-state index in [1.807, 2.05) is 0 Å². The van der Waals surface area contributed by atoms with E-state index in [0.29, 0.717) is 12.0 Å². The average Bonchev–Trinajstić information content (AvgIpc) is 2.39. The van der Waals surface area contributed by atoms with E-state index in [-0.39, 0.29) is 0 Å². The van der Waals surface area contributed by atoms with Gasteiger partial charge in [-0.2, -0.15) is 0 Å². The lowest BCUT2D eigenvalue weighted by Crippen LogP contribution is -2.29. The predicted octanol–water partition coefficient (Wildman–Crippen LogP) is 3.94. The van der Waals surface area contributed by atoms with Gasteiger partial charge < -0.3 is 5.32 Å². The second-order valence-electron chi connectivity index (χ2n) is 4.66. The fourth-order valence-electron chi connectivity index (χ4n) is 2.67. The molecule has 0 amide bonds. The van der Waals surface area contributed by atoms with Crippen LogP contribution in [0, 0.1) is 0 Å². The van der Waals surface area contributed by atoms with E-state index in [0.717, 1.165) is 6.42 Å². The van der Waals surface area contributed by atoms with Gasteiger partial charge in [0.15, 0.2) is 0 Å². The van der Waals surface area contributed by atoms with Crippen LogP contribution in [-0.2, 0) is 0 Å². The topological polar surface area (TPSA) is 12.0 Å². The Kier molecular flexibility index (Phi) is 3.80. The summed E-state index contributed by atoms with van der Waals surface area (Å²) in [5.74, 6) is 0.538. The minimum absolute atomic E-state index is 0.538. The SMILES string of the molecule is CCC(NC)C(C)c1cccc2ccccc12. The van der Waals surface area contributed by atoms with Gasteiger partial charge in [0.1, 0.15) is 0 Å². The van der Waals surface area contributed by atoms with Gasteiger partial charge in [-0.15, -0.1) is 0 Å². The van der Waals surface area contributed by atoms with Crippen LogP contribution < -0.4 is 5.32 Å². The molecule has 0 saturated heterocycles. The molecule has 2 aromatic carbocycles. The van der Waals surface area contributed by atoms with Crippen molar-refractivity contribution in [3.05, 3.63) is 48.0 Å². The van der Waals surface area contributed by atoms with Gasteiger partial charge in [-0.25, -0.2) is 0 Å². The summed E-state index contributed by atoms with van der Waals surface area (Å²) >= 11 is 0. The lowest BCUT2D eigenvalue weighted by Gasteiger charge is -2.23. The standard InChI is InChI=1S/C16H21N/c1-4-16(17-3)12(2)14-11-7-9-13-8-5-6-10-15(13)14/h5-12,16-17H,4H2,1-3H3. The normalized spacial score (nSPS) is 14.8. The Balaban J connectivity index is 2.47. The maximum atomic E-state index is 3.41. The monoisotopic (exact) mass is 227 g/mol. The number of likely N-dealkylation sites (N-methyl/N-ethyl adjacent to an activating group) is 1. The first-order valence-electron chi connectivity index (χ1n) is 6.42. The van der Waals surface area contributed by atoms with Gasteiger partial charge in [0, 0.05) is 6.04 Å². The van der Waals surface area contributed by atoms with Crippen LogP contribution in [0.5, 0.6) is 0 Å². The summed E-state index contributed by atoms with van der Waals surface area (Å²) in [6.07, 6.45) is 1.15. The largest absolute Gasteiger partial charge is 0.316 e. The van der Waals surface area contributed by atoms with Crippen molar-refractivity contribution in [2.24, 2.45) is 0 Å². The first-order chi connectivity index (χ1) is 8.27. The average molecular weight is 227 g/mol. The lowest BCUT2D eigenvalue weighted by molar-refractivity contribution is 0.475. The molecule has 1 N–H and O–H groups in total. The molecule has 0 aliphatic carbocycles. The van der Waals surface area contributed by atoms with Crippen LogP contribution in [0.2, 0.25) is 0 Å². The molecule has 0 radical (unpaired) electrons.